The van der Waals surface area contributed by atoms with Crippen LogP contribution in [0.25, 0.3) is 0 Å². The third-order valence-corrected chi connectivity index (χ3v) is 5.82. The number of ether oxygens (including phenoxy) is 3. The average molecular weight is 404 g/mol. The summed E-state index contributed by atoms with van der Waals surface area (Å²) in [6.07, 6.45) is -0.860. The summed E-state index contributed by atoms with van der Waals surface area (Å²) in [6.45, 7) is 10.7. The van der Waals surface area contributed by atoms with Crippen LogP contribution in [-0.4, -0.2) is 52.2 Å². The molecule has 1 N–H and O–H groups in total. The lowest BCUT2D eigenvalue weighted by molar-refractivity contribution is -0.171. The topological polar surface area (TPSA) is 116 Å². The van der Waals surface area contributed by atoms with E-state index in [1.54, 1.807) is 13.8 Å². The van der Waals surface area contributed by atoms with Gasteiger partial charge in [0, 0.05) is 18.9 Å². The molecular formula is C21H24O8. The maximum absolute atomic E-state index is 12.8. The van der Waals surface area contributed by atoms with E-state index < -0.39 is 47.2 Å². The minimum atomic E-state index is -2.03. The predicted octanol–water partition coefficient (Wildman–Crippen LogP) is 1.32. The van der Waals surface area contributed by atoms with Gasteiger partial charge in [-0.1, -0.05) is 12.2 Å². The van der Waals surface area contributed by atoms with Gasteiger partial charge < -0.3 is 19.3 Å². The molecule has 8 nitrogen and oxygen atoms in total. The van der Waals surface area contributed by atoms with E-state index in [1.165, 1.54) is 26.8 Å². The van der Waals surface area contributed by atoms with Crippen molar-refractivity contribution in [1.82, 2.24) is 0 Å². The van der Waals surface area contributed by atoms with E-state index in [9.17, 15) is 24.3 Å². The summed E-state index contributed by atoms with van der Waals surface area (Å²) in [5.74, 6) is -3.79. The fourth-order valence-electron chi connectivity index (χ4n) is 4.58. The quantitative estimate of drug-likeness (QED) is 0.425. The van der Waals surface area contributed by atoms with Crippen LogP contribution in [0, 0.1) is 5.92 Å². The first-order chi connectivity index (χ1) is 13.3. The highest BCUT2D eigenvalue weighted by Gasteiger charge is 2.69. The van der Waals surface area contributed by atoms with Crippen LogP contribution in [0.3, 0.4) is 0 Å². The van der Waals surface area contributed by atoms with E-state index in [1.807, 2.05) is 0 Å². The zero-order chi connectivity index (χ0) is 21.9. The Bertz CT molecular complexity index is 906. The summed E-state index contributed by atoms with van der Waals surface area (Å²) in [5, 5.41) is 11.0. The van der Waals surface area contributed by atoms with Crippen LogP contribution in [-0.2, 0) is 33.4 Å². The van der Waals surface area contributed by atoms with Crippen molar-refractivity contribution in [3.63, 3.8) is 0 Å². The Labute approximate surface area is 168 Å². The molecule has 156 valence electrons. The first-order valence-corrected chi connectivity index (χ1v) is 9.26. The van der Waals surface area contributed by atoms with Crippen LogP contribution < -0.4 is 0 Å². The molecule has 0 bridgehead atoms. The maximum atomic E-state index is 12.8. The molecular weight excluding hydrogens is 380 g/mol. The lowest BCUT2D eigenvalue weighted by Crippen LogP contribution is -2.55. The van der Waals surface area contributed by atoms with Crippen molar-refractivity contribution >= 4 is 23.7 Å². The van der Waals surface area contributed by atoms with Crippen LogP contribution in [0.2, 0.25) is 0 Å². The first kappa shape index (κ1) is 21.0. The highest BCUT2D eigenvalue weighted by Crippen LogP contribution is 2.54. The second-order valence-electron chi connectivity index (χ2n) is 8.10. The third-order valence-electron chi connectivity index (χ3n) is 5.82. The fourth-order valence-corrected chi connectivity index (χ4v) is 4.58. The van der Waals surface area contributed by atoms with Crippen LogP contribution in [0.4, 0.5) is 0 Å². The van der Waals surface area contributed by atoms with E-state index >= 15 is 0 Å². The van der Waals surface area contributed by atoms with Crippen LogP contribution >= 0.6 is 0 Å². The van der Waals surface area contributed by atoms with Gasteiger partial charge in [0.05, 0.1) is 11.5 Å². The number of carbonyl (C=O) groups excluding carboxylic acids is 4. The van der Waals surface area contributed by atoms with Gasteiger partial charge in [-0.05, 0) is 39.3 Å². The molecule has 1 saturated heterocycles. The Morgan fingerprint density at radius 1 is 1.28 bits per heavy atom. The van der Waals surface area contributed by atoms with Gasteiger partial charge >= 0.3 is 17.9 Å². The number of hydrogen-bond acceptors (Lipinski definition) is 8. The van der Waals surface area contributed by atoms with Crippen molar-refractivity contribution in [2.75, 3.05) is 0 Å². The molecule has 0 radical (unpaired) electrons. The number of esters is 3. The summed E-state index contributed by atoms with van der Waals surface area (Å²) in [5.41, 5.74) is -2.51. The number of carbonyl (C=O) groups is 4. The van der Waals surface area contributed by atoms with Crippen molar-refractivity contribution in [3.05, 3.63) is 34.9 Å². The normalized spacial score (nSPS) is 35.9. The predicted molar refractivity (Wildman–Crippen MR) is 99.3 cm³/mol. The lowest BCUT2D eigenvalue weighted by atomic mass is 9.74. The Morgan fingerprint density at radius 3 is 2.45 bits per heavy atom. The Hall–Kier alpha value is -2.74. The molecule has 3 aliphatic rings. The molecule has 5 atom stereocenters. The monoisotopic (exact) mass is 404 g/mol. The number of fused-ring (bicyclic) bond motifs is 3. The first-order valence-electron chi connectivity index (χ1n) is 9.26. The molecule has 0 aromatic rings. The number of allylic oxidation sites excluding steroid dienone is 1. The summed E-state index contributed by atoms with van der Waals surface area (Å²) >= 11 is 0. The van der Waals surface area contributed by atoms with Crippen molar-refractivity contribution in [1.29, 1.82) is 0 Å². The zero-order valence-electron chi connectivity index (χ0n) is 17.0. The van der Waals surface area contributed by atoms with E-state index in [-0.39, 0.29) is 23.4 Å². The zero-order valence-corrected chi connectivity index (χ0v) is 17.0. The Balaban J connectivity index is 2.25. The second-order valence-corrected chi connectivity index (χ2v) is 8.10. The molecule has 0 amide bonds. The highest BCUT2D eigenvalue weighted by atomic mass is 16.6. The Morgan fingerprint density at radius 2 is 1.90 bits per heavy atom. The van der Waals surface area contributed by atoms with Crippen LogP contribution in [0.1, 0.15) is 41.0 Å². The van der Waals surface area contributed by atoms with Crippen LogP contribution in [0.15, 0.2) is 34.9 Å². The van der Waals surface area contributed by atoms with Crippen LogP contribution in [0.5, 0.6) is 0 Å². The molecule has 1 aliphatic heterocycles. The summed E-state index contributed by atoms with van der Waals surface area (Å²) < 4.78 is 16.7. The number of rotatable bonds is 3. The molecule has 8 heteroatoms. The van der Waals surface area contributed by atoms with Crippen molar-refractivity contribution < 1.29 is 38.5 Å². The molecule has 0 saturated carbocycles. The Kier molecular flexibility index (Phi) is 4.82. The van der Waals surface area contributed by atoms with Crippen molar-refractivity contribution in [2.45, 2.75) is 64.4 Å². The summed E-state index contributed by atoms with van der Waals surface area (Å²) in [4.78, 5) is 49.6. The van der Waals surface area contributed by atoms with Gasteiger partial charge in [0.2, 0.25) is 0 Å². The second kappa shape index (κ2) is 6.66. The van der Waals surface area contributed by atoms with Gasteiger partial charge in [-0.25, -0.2) is 9.59 Å². The molecule has 3 rings (SSSR count). The van der Waals surface area contributed by atoms with Gasteiger partial charge in [0.1, 0.15) is 6.10 Å². The largest absolute Gasteiger partial charge is 0.458 e. The molecule has 0 spiro atoms. The smallest absolute Gasteiger partial charge is 0.338 e. The van der Waals surface area contributed by atoms with Gasteiger partial charge in [-0.15, -0.1) is 0 Å². The molecule has 0 aromatic carbocycles. The highest BCUT2D eigenvalue weighted by molar-refractivity contribution is 6.11. The molecule has 0 aromatic heterocycles. The van der Waals surface area contributed by atoms with Gasteiger partial charge in [-0.2, -0.15) is 0 Å². The SMILES string of the molecule is C=C(C)C(=O)O[C@H]1CC(C)=C2C(=O)C=C(C)[C@@]2(OC(C)=O)[C@@H]2OC(=O)[C@@](C)(O)[C@H]12. The van der Waals surface area contributed by atoms with Gasteiger partial charge in [0.15, 0.2) is 23.1 Å². The van der Waals surface area contributed by atoms with E-state index in [4.69, 9.17) is 14.2 Å². The van der Waals surface area contributed by atoms with E-state index in [0.717, 1.165) is 0 Å². The minimum absolute atomic E-state index is 0.0538. The molecule has 0 unspecified atom stereocenters. The number of ketones is 1. The fraction of sp³-hybridized carbons (Fsp3) is 0.524. The van der Waals surface area contributed by atoms with Gasteiger partial charge in [0.25, 0.3) is 0 Å². The molecule has 29 heavy (non-hydrogen) atoms. The van der Waals surface area contributed by atoms with Crippen molar-refractivity contribution in [3.8, 4) is 0 Å². The average Bonchev–Trinajstić information content (AvgIpc) is 2.92. The third kappa shape index (κ3) is 2.93. The molecule has 2 aliphatic carbocycles. The van der Waals surface area contributed by atoms with E-state index in [2.05, 4.69) is 6.58 Å². The van der Waals surface area contributed by atoms with Gasteiger partial charge in [-0.3, -0.25) is 9.59 Å². The standard InChI is InChI=1S/C21H24O8/c1-9(2)18(24)27-14-7-10(3)15-13(23)8-11(4)21(15,29-12(5)22)17-16(14)20(6,26)19(25)28-17/h8,14,16-17,26H,1,7H2,2-6H3/t14-,16+,17+,20-,21-/m0/s1. The molecule has 1 heterocycles. The summed E-state index contributed by atoms with van der Waals surface area (Å²) in [6, 6.07) is 0. The molecule has 1 fully saturated rings. The summed E-state index contributed by atoms with van der Waals surface area (Å²) in [7, 11) is 0. The lowest BCUT2D eigenvalue weighted by Gasteiger charge is -2.39. The number of hydrogen-bond donors (Lipinski definition) is 1. The number of aliphatic hydroxyl groups is 1. The van der Waals surface area contributed by atoms with Crippen molar-refractivity contribution in [2.24, 2.45) is 5.92 Å². The van der Waals surface area contributed by atoms with E-state index in [0.29, 0.717) is 11.1 Å². The minimum Gasteiger partial charge on any atom is -0.458 e. The maximum Gasteiger partial charge on any atom is 0.338 e.